The Morgan fingerprint density at radius 1 is 0.884 bits per heavy atom. The lowest BCUT2D eigenvalue weighted by Crippen LogP contribution is -2.48. The molecule has 0 saturated heterocycles. The molecule has 224 valence electrons. The fourth-order valence-corrected chi connectivity index (χ4v) is 4.80. The predicted molar refractivity (Wildman–Crippen MR) is 164 cm³/mol. The summed E-state index contributed by atoms with van der Waals surface area (Å²) in [6.07, 6.45) is 11.5. The topological polar surface area (TPSA) is 81.7 Å². The minimum atomic E-state index is -1.15. The van der Waals surface area contributed by atoms with Gasteiger partial charge >= 0.3 is 0 Å². The molecule has 0 unspecified atom stereocenters. The number of nitrogens with one attached hydrogen (secondary N) is 2. The molecule has 3 aromatic rings. The smallest absolute Gasteiger partial charge is 0.253 e. The van der Waals surface area contributed by atoms with Crippen molar-refractivity contribution in [2.45, 2.75) is 51.8 Å². The third kappa shape index (κ3) is 9.78. The number of terminal acetylenes is 2. The van der Waals surface area contributed by atoms with Gasteiger partial charge in [-0.2, -0.15) is 0 Å². The second kappa shape index (κ2) is 16.2. The number of hydrogen-bond donors (Lipinski definition) is 3. The molecule has 0 aliphatic carbocycles. The molecule has 0 aromatic heterocycles. The fraction of sp³-hybridized carbons (Fsp3) is 0.314. The molecular weight excluding hydrogens is 548 g/mol. The number of hydrogen-bond acceptors (Lipinski definition) is 4. The van der Waals surface area contributed by atoms with Crippen LogP contribution in [0.5, 0.6) is 0 Å². The van der Waals surface area contributed by atoms with Crippen molar-refractivity contribution in [1.82, 2.24) is 15.5 Å². The Labute approximate surface area is 252 Å². The normalized spacial score (nSPS) is 12.1. The first-order valence-corrected chi connectivity index (χ1v) is 14.3. The van der Waals surface area contributed by atoms with E-state index in [4.69, 9.17) is 12.8 Å². The van der Waals surface area contributed by atoms with Crippen LogP contribution in [0.1, 0.15) is 69.7 Å². The van der Waals surface area contributed by atoms with E-state index in [1.165, 1.54) is 12.1 Å². The number of halogens is 2. The van der Waals surface area contributed by atoms with E-state index < -0.39 is 29.7 Å². The number of amides is 2. The van der Waals surface area contributed by atoms with Gasteiger partial charge in [0.05, 0.1) is 12.1 Å². The number of aliphatic hydroxyl groups excluding tert-OH is 1. The van der Waals surface area contributed by atoms with E-state index in [1.807, 2.05) is 32.0 Å². The Hall–Kier alpha value is -4.50. The summed E-state index contributed by atoms with van der Waals surface area (Å²) in [5.74, 6) is 2.70. The summed E-state index contributed by atoms with van der Waals surface area (Å²) < 4.78 is 27.9. The molecule has 0 heterocycles. The Kier molecular flexibility index (Phi) is 12.5. The molecule has 2 amide bonds. The quantitative estimate of drug-likeness (QED) is 0.240. The van der Waals surface area contributed by atoms with Crippen LogP contribution in [0.2, 0.25) is 0 Å². The van der Waals surface area contributed by atoms with Crippen LogP contribution in [0.4, 0.5) is 8.78 Å². The third-order valence-electron chi connectivity index (χ3n) is 6.82. The van der Waals surface area contributed by atoms with Gasteiger partial charge in [0, 0.05) is 54.5 Å². The molecule has 0 radical (unpaired) electrons. The van der Waals surface area contributed by atoms with E-state index in [2.05, 4.69) is 22.5 Å². The first-order valence-electron chi connectivity index (χ1n) is 14.3. The largest absolute Gasteiger partial charge is 0.390 e. The standard InChI is InChI=1S/C35H37F2N3O3/c1-5-12-40(13-6-2)35(43)29-16-25(8-4)15-28(20-29)34(42)39-32(19-27-17-30(36)21-31(37)18-27)33(41)23-38-22-26-11-9-10-24(7-3)14-26/h3-4,9-11,14-18,20-21,32-33,38,41H,5-6,12-13,19,22-23H2,1-2H3,(H,39,42)/t32-,33+/m0/s1. The molecule has 43 heavy (non-hydrogen) atoms. The van der Waals surface area contributed by atoms with Crippen molar-refractivity contribution in [3.8, 4) is 24.7 Å². The summed E-state index contributed by atoms with van der Waals surface area (Å²) in [5, 5.41) is 17.1. The number of rotatable bonds is 14. The maximum Gasteiger partial charge on any atom is 0.253 e. The van der Waals surface area contributed by atoms with Gasteiger partial charge in [0.1, 0.15) is 11.6 Å². The molecular formula is C35H37F2N3O3. The summed E-state index contributed by atoms with van der Waals surface area (Å²) in [7, 11) is 0. The van der Waals surface area contributed by atoms with Crippen LogP contribution in [0, 0.1) is 36.3 Å². The minimum Gasteiger partial charge on any atom is -0.390 e. The zero-order valence-electron chi connectivity index (χ0n) is 24.5. The van der Waals surface area contributed by atoms with E-state index in [-0.39, 0.29) is 35.6 Å². The molecule has 0 bridgehead atoms. The maximum atomic E-state index is 14.0. The van der Waals surface area contributed by atoms with Crippen LogP contribution < -0.4 is 10.6 Å². The van der Waals surface area contributed by atoms with Gasteiger partial charge in [0.2, 0.25) is 0 Å². The highest BCUT2D eigenvalue weighted by molar-refractivity contribution is 6.00. The molecule has 3 aromatic carbocycles. The predicted octanol–water partition coefficient (Wildman–Crippen LogP) is 4.68. The minimum absolute atomic E-state index is 0.0557. The highest BCUT2D eigenvalue weighted by Crippen LogP contribution is 2.16. The molecule has 6 nitrogen and oxygen atoms in total. The average Bonchev–Trinajstić information content (AvgIpc) is 2.99. The summed E-state index contributed by atoms with van der Waals surface area (Å²) in [6.45, 7) is 5.53. The highest BCUT2D eigenvalue weighted by atomic mass is 19.1. The zero-order chi connectivity index (χ0) is 31.4. The molecule has 0 aliphatic rings. The molecule has 2 atom stereocenters. The van der Waals surface area contributed by atoms with Gasteiger partial charge in [-0.25, -0.2) is 8.78 Å². The van der Waals surface area contributed by atoms with Crippen molar-refractivity contribution in [3.05, 3.63) is 106 Å². The second-order valence-electron chi connectivity index (χ2n) is 10.3. The fourth-order valence-electron chi connectivity index (χ4n) is 4.80. The van der Waals surface area contributed by atoms with Crippen LogP contribution in [0.25, 0.3) is 0 Å². The van der Waals surface area contributed by atoms with E-state index in [0.29, 0.717) is 25.2 Å². The lowest BCUT2D eigenvalue weighted by Gasteiger charge is -2.25. The summed E-state index contributed by atoms with van der Waals surface area (Å²) in [6, 6.07) is 14.0. The number of aliphatic hydroxyl groups is 1. The van der Waals surface area contributed by atoms with Crippen molar-refractivity contribution in [2.75, 3.05) is 19.6 Å². The van der Waals surface area contributed by atoms with E-state index in [0.717, 1.165) is 42.2 Å². The van der Waals surface area contributed by atoms with Crippen molar-refractivity contribution in [2.24, 2.45) is 0 Å². The molecule has 0 fully saturated rings. The van der Waals surface area contributed by atoms with Gasteiger partial charge in [-0.15, -0.1) is 12.8 Å². The number of nitrogens with zero attached hydrogens (tertiary/aromatic N) is 1. The number of benzene rings is 3. The van der Waals surface area contributed by atoms with Gasteiger partial charge in [-0.1, -0.05) is 37.8 Å². The first kappa shape index (κ1) is 33.0. The lowest BCUT2D eigenvalue weighted by atomic mass is 9.99. The number of carbonyl (C=O) groups is 2. The van der Waals surface area contributed by atoms with Crippen molar-refractivity contribution in [1.29, 1.82) is 0 Å². The third-order valence-corrected chi connectivity index (χ3v) is 6.82. The van der Waals surface area contributed by atoms with Crippen LogP contribution in [-0.4, -0.2) is 53.6 Å². The summed E-state index contributed by atoms with van der Waals surface area (Å²) >= 11 is 0. The first-order chi connectivity index (χ1) is 20.7. The monoisotopic (exact) mass is 585 g/mol. The Morgan fingerprint density at radius 3 is 2.16 bits per heavy atom. The van der Waals surface area contributed by atoms with Crippen molar-refractivity contribution >= 4 is 11.8 Å². The second-order valence-corrected chi connectivity index (χ2v) is 10.3. The SMILES string of the molecule is C#Cc1cccc(CNC[C@@H](O)[C@H](Cc2cc(F)cc(F)c2)NC(=O)c2cc(C#C)cc(C(=O)N(CCC)CCC)c2)c1. The van der Waals surface area contributed by atoms with Crippen LogP contribution >= 0.6 is 0 Å². The van der Waals surface area contributed by atoms with E-state index in [1.54, 1.807) is 17.0 Å². The van der Waals surface area contributed by atoms with Crippen LogP contribution in [0.3, 0.4) is 0 Å². The van der Waals surface area contributed by atoms with Crippen LogP contribution in [0.15, 0.2) is 60.7 Å². The molecule has 0 saturated carbocycles. The summed E-state index contributed by atoms with van der Waals surface area (Å²) in [5.41, 5.74) is 2.64. The zero-order valence-corrected chi connectivity index (χ0v) is 24.5. The van der Waals surface area contributed by atoms with Gasteiger partial charge in [-0.05, 0) is 72.9 Å². The molecule has 3 rings (SSSR count). The van der Waals surface area contributed by atoms with E-state index >= 15 is 0 Å². The van der Waals surface area contributed by atoms with Gasteiger partial charge in [-0.3, -0.25) is 9.59 Å². The Balaban J connectivity index is 1.84. The molecule has 0 spiro atoms. The van der Waals surface area contributed by atoms with Crippen molar-refractivity contribution in [3.63, 3.8) is 0 Å². The molecule has 0 aliphatic heterocycles. The van der Waals surface area contributed by atoms with Gasteiger partial charge in [0.25, 0.3) is 11.8 Å². The Morgan fingerprint density at radius 2 is 1.53 bits per heavy atom. The van der Waals surface area contributed by atoms with Crippen LogP contribution in [-0.2, 0) is 13.0 Å². The Bertz CT molecular complexity index is 1480. The lowest BCUT2D eigenvalue weighted by molar-refractivity contribution is 0.0755. The van der Waals surface area contributed by atoms with E-state index in [9.17, 15) is 23.5 Å². The van der Waals surface area contributed by atoms with Gasteiger partial charge in [0.15, 0.2) is 0 Å². The van der Waals surface area contributed by atoms with Gasteiger partial charge < -0.3 is 20.6 Å². The van der Waals surface area contributed by atoms with Crippen molar-refractivity contribution < 1.29 is 23.5 Å². The average molecular weight is 586 g/mol. The molecule has 3 N–H and O–H groups in total. The maximum absolute atomic E-state index is 14.0. The number of carbonyl (C=O) groups excluding carboxylic acids is 2. The molecule has 8 heteroatoms. The highest BCUT2D eigenvalue weighted by Gasteiger charge is 2.24. The summed E-state index contributed by atoms with van der Waals surface area (Å²) in [4.78, 5) is 28.5.